The summed E-state index contributed by atoms with van der Waals surface area (Å²) in [6, 6.07) is -0.460. The predicted octanol–water partition coefficient (Wildman–Crippen LogP) is -0.0295. The normalized spacial score (nSPS) is 30.4. The van der Waals surface area contributed by atoms with Gasteiger partial charge in [0.2, 0.25) is 0 Å². The van der Waals surface area contributed by atoms with Crippen LogP contribution in [0.25, 0.3) is 0 Å². The van der Waals surface area contributed by atoms with Gasteiger partial charge in [-0.25, -0.2) is 21.6 Å². The standard InChI is InChI=1S/C12H21NO6S2/c1-2-19-12(14)13-11(9-3-5-20(15,16)7-9)10-4-6-21(17,18)8-10/h9-11H,2-8H2,1H3,(H,13,14)/t9-,10-/m0/s1. The first-order valence-electron chi connectivity index (χ1n) is 7.06. The van der Waals surface area contributed by atoms with Crippen molar-refractivity contribution in [3.05, 3.63) is 0 Å². The third-order valence-electron chi connectivity index (χ3n) is 4.11. The number of rotatable bonds is 4. The van der Waals surface area contributed by atoms with Gasteiger partial charge in [0.15, 0.2) is 19.7 Å². The third kappa shape index (κ3) is 4.32. The summed E-state index contributed by atoms with van der Waals surface area (Å²) in [7, 11) is -6.18. The highest BCUT2D eigenvalue weighted by Gasteiger charge is 2.42. The maximum atomic E-state index is 11.7. The lowest BCUT2D eigenvalue weighted by molar-refractivity contribution is 0.138. The summed E-state index contributed by atoms with van der Waals surface area (Å²) in [6.07, 6.45) is 0.294. The van der Waals surface area contributed by atoms with Crippen LogP contribution < -0.4 is 5.32 Å². The predicted molar refractivity (Wildman–Crippen MR) is 77.5 cm³/mol. The van der Waals surface area contributed by atoms with Gasteiger partial charge in [-0.3, -0.25) is 0 Å². The average molecular weight is 339 g/mol. The van der Waals surface area contributed by atoms with Crippen LogP contribution in [0.5, 0.6) is 0 Å². The van der Waals surface area contributed by atoms with E-state index in [0.717, 1.165) is 0 Å². The van der Waals surface area contributed by atoms with Gasteiger partial charge < -0.3 is 10.1 Å². The molecule has 1 N–H and O–H groups in total. The van der Waals surface area contributed by atoms with Gasteiger partial charge in [-0.2, -0.15) is 0 Å². The van der Waals surface area contributed by atoms with Crippen molar-refractivity contribution in [1.29, 1.82) is 0 Å². The van der Waals surface area contributed by atoms with E-state index < -0.39 is 31.8 Å². The molecule has 2 heterocycles. The summed E-state index contributed by atoms with van der Waals surface area (Å²) in [4.78, 5) is 11.7. The van der Waals surface area contributed by atoms with Crippen LogP contribution in [0.3, 0.4) is 0 Å². The molecule has 2 atom stereocenters. The zero-order chi connectivity index (χ0) is 15.7. The van der Waals surface area contributed by atoms with E-state index in [9.17, 15) is 21.6 Å². The molecule has 2 aliphatic heterocycles. The molecule has 0 aliphatic carbocycles. The van der Waals surface area contributed by atoms with Crippen molar-refractivity contribution in [2.24, 2.45) is 11.8 Å². The maximum absolute atomic E-state index is 11.7. The summed E-state index contributed by atoms with van der Waals surface area (Å²) < 4.78 is 51.4. The lowest BCUT2D eigenvalue weighted by Crippen LogP contribution is -2.46. The fourth-order valence-electron chi connectivity index (χ4n) is 3.14. The van der Waals surface area contributed by atoms with Crippen molar-refractivity contribution in [1.82, 2.24) is 5.32 Å². The second kappa shape index (κ2) is 6.12. The molecule has 0 unspecified atom stereocenters. The molecule has 2 saturated heterocycles. The Morgan fingerprint density at radius 1 is 1.10 bits per heavy atom. The van der Waals surface area contributed by atoms with Crippen LogP contribution in [0, 0.1) is 11.8 Å². The van der Waals surface area contributed by atoms with Crippen molar-refractivity contribution >= 4 is 25.8 Å². The zero-order valence-electron chi connectivity index (χ0n) is 11.9. The van der Waals surface area contributed by atoms with E-state index in [1.165, 1.54) is 0 Å². The molecule has 1 amide bonds. The fraction of sp³-hybridized carbons (Fsp3) is 0.917. The lowest BCUT2D eigenvalue weighted by Gasteiger charge is -2.28. The summed E-state index contributed by atoms with van der Waals surface area (Å²) in [6.45, 7) is 1.89. The van der Waals surface area contributed by atoms with Crippen molar-refractivity contribution in [2.75, 3.05) is 29.6 Å². The topological polar surface area (TPSA) is 107 Å². The van der Waals surface area contributed by atoms with Crippen molar-refractivity contribution in [2.45, 2.75) is 25.8 Å². The molecule has 2 rings (SSSR count). The first-order valence-corrected chi connectivity index (χ1v) is 10.7. The van der Waals surface area contributed by atoms with E-state index in [2.05, 4.69) is 5.32 Å². The molecule has 0 radical (unpaired) electrons. The van der Waals surface area contributed by atoms with E-state index in [0.29, 0.717) is 12.8 Å². The molecule has 0 aromatic carbocycles. The van der Waals surface area contributed by atoms with Crippen LogP contribution in [0.1, 0.15) is 19.8 Å². The Balaban J connectivity index is 2.13. The Morgan fingerprint density at radius 3 is 1.90 bits per heavy atom. The molecular formula is C12H21NO6S2. The molecular weight excluding hydrogens is 318 g/mol. The van der Waals surface area contributed by atoms with Gasteiger partial charge in [-0.1, -0.05) is 0 Å². The number of hydrogen-bond acceptors (Lipinski definition) is 6. The van der Waals surface area contributed by atoms with Crippen LogP contribution in [0.15, 0.2) is 0 Å². The SMILES string of the molecule is CCOC(=O)NC([C@H]1CCS(=O)(=O)C1)[C@H]1CCS(=O)(=O)C1. The van der Waals surface area contributed by atoms with E-state index in [1.807, 2.05) is 0 Å². The van der Waals surface area contributed by atoms with Gasteiger partial charge in [0, 0.05) is 6.04 Å². The number of ether oxygens (including phenoxy) is 1. The minimum Gasteiger partial charge on any atom is -0.450 e. The first-order chi connectivity index (χ1) is 9.72. The number of hydrogen-bond donors (Lipinski definition) is 1. The smallest absolute Gasteiger partial charge is 0.407 e. The fourth-order valence-corrected chi connectivity index (χ4v) is 6.85. The molecule has 0 aromatic rings. The Bertz CT molecular complexity index is 553. The quantitative estimate of drug-likeness (QED) is 0.771. The summed E-state index contributed by atoms with van der Waals surface area (Å²) in [5, 5.41) is 2.69. The third-order valence-corrected chi connectivity index (χ3v) is 7.70. The van der Waals surface area contributed by atoms with Crippen LogP contribution >= 0.6 is 0 Å². The molecule has 21 heavy (non-hydrogen) atoms. The second-order valence-electron chi connectivity index (χ2n) is 5.72. The van der Waals surface area contributed by atoms with Crippen LogP contribution in [-0.4, -0.2) is 58.6 Å². The van der Waals surface area contributed by atoms with E-state index in [1.54, 1.807) is 6.92 Å². The molecule has 0 aromatic heterocycles. The Labute approximate surface area is 125 Å². The van der Waals surface area contributed by atoms with Gasteiger partial charge in [0.05, 0.1) is 29.6 Å². The van der Waals surface area contributed by atoms with E-state index in [4.69, 9.17) is 4.74 Å². The summed E-state index contributed by atoms with van der Waals surface area (Å²) >= 11 is 0. The van der Waals surface area contributed by atoms with Crippen LogP contribution in [0.2, 0.25) is 0 Å². The van der Waals surface area contributed by atoms with E-state index >= 15 is 0 Å². The van der Waals surface area contributed by atoms with Crippen LogP contribution in [0.4, 0.5) is 4.79 Å². The lowest BCUT2D eigenvalue weighted by atomic mass is 9.87. The molecule has 7 nitrogen and oxygen atoms in total. The summed E-state index contributed by atoms with van der Waals surface area (Å²) in [5.74, 6) is -0.284. The van der Waals surface area contributed by atoms with Gasteiger partial charge >= 0.3 is 6.09 Å². The Morgan fingerprint density at radius 2 is 1.57 bits per heavy atom. The number of sulfone groups is 2. The van der Waals surface area contributed by atoms with E-state index in [-0.39, 0.29) is 41.5 Å². The molecule has 0 bridgehead atoms. The Kier molecular flexibility index (Phi) is 4.82. The Hall–Kier alpha value is -0.830. The number of alkyl carbamates (subject to hydrolysis) is 1. The molecule has 0 saturated carbocycles. The average Bonchev–Trinajstić information content (AvgIpc) is 2.89. The van der Waals surface area contributed by atoms with Gasteiger partial charge in [-0.15, -0.1) is 0 Å². The molecule has 9 heteroatoms. The molecule has 2 aliphatic rings. The minimum atomic E-state index is -3.09. The van der Waals surface area contributed by atoms with Crippen molar-refractivity contribution < 1.29 is 26.4 Å². The summed E-state index contributed by atoms with van der Waals surface area (Å²) in [5.41, 5.74) is 0. The molecule has 0 spiro atoms. The van der Waals surface area contributed by atoms with Gasteiger partial charge in [0.25, 0.3) is 0 Å². The number of amides is 1. The van der Waals surface area contributed by atoms with Gasteiger partial charge in [-0.05, 0) is 31.6 Å². The maximum Gasteiger partial charge on any atom is 0.407 e. The second-order valence-corrected chi connectivity index (χ2v) is 10.2. The highest BCUT2D eigenvalue weighted by atomic mass is 32.2. The highest BCUT2D eigenvalue weighted by Crippen LogP contribution is 2.31. The molecule has 122 valence electrons. The monoisotopic (exact) mass is 339 g/mol. The minimum absolute atomic E-state index is 0.000614. The first kappa shape index (κ1) is 16.5. The van der Waals surface area contributed by atoms with Crippen molar-refractivity contribution in [3.8, 4) is 0 Å². The highest BCUT2D eigenvalue weighted by molar-refractivity contribution is 7.91. The molecule has 2 fully saturated rings. The van der Waals surface area contributed by atoms with Crippen LogP contribution in [-0.2, 0) is 24.4 Å². The number of carbonyl (C=O) groups is 1. The largest absolute Gasteiger partial charge is 0.450 e. The number of nitrogens with one attached hydrogen (secondary N) is 1. The van der Waals surface area contributed by atoms with Crippen molar-refractivity contribution in [3.63, 3.8) is 0 Å². The van der Waals surface area contributed by atoms with Gasteiger partial charge in [0.1, 0.15) is 0 Å². The number of carbonyl (C=O) groups excluding carboxylic acids is 1. The zero-order valence-corrected chi connectivity index (χ0v) is 13.6.